The van der Waals surface area contributed by atoms with Crippen LogP contribution in [0.5, 0.6) is 5.75 Å². The van der Waals surface area contributed by atoms with Crippen molar-refractivity contribution in [1.82, 2.24) is 9.55 Å². The van der Waals surface area contributed by atoms with Crippen LogP contribution in [0.25, 0.3) is 27.5 Å². The van der Waals surface area contributed by atoms with Gasteiger partial charge in [0.1, 0.15) is 17.1 Å². The molecule has 0 N–H and O–H groups in total. The molecular formula is C22H21FN2O. The molecule has 0 amide bonds. The van der Waals surface area contributed by atoms with Gasteiger partial charge in [0.15, 0.2) is 0 Å². The fraction of sp³-hybridized carbons (Fsp3) is 0.227. The highest BCUT2D eigenvalue weighted by Gasteiger charge is 2.18. The van der Waals surface area contributed by atoms with E-state index in [0.29, 0.717) is 0 Å². The van der Waals surface area contributed by atoms with Gasteiger partial charge in [-0.3, -0.25) is 0 Å². The normalized spacial score (nSPS) is 11.4. The SMILES string of the molecule is CCc1cn(-c2ccc(F)cc2C)c2c1c(C)nc1c(OC)cccc12. The Bertz CT molecular complexity index is 1140. The second-order valence-electron chi connectivity index (χ2n) is 6.59. The fourth-order valence-corrected chi connectivity index (χ4v) is 3.79. The third kappa shape index (κ3) is 2.37. The van der Waals surface area contributed by atoms with Crippen LogP contribution in [0.3, 0.4) is 0 Å². The molecule has 0 saturated carbocycles. The second-order valence-corrected chi connectivity index (χ2v) is 6.59. The van der Waals surface area contributed by atoms with Crippen LogP contribution in [0.2, 0.25) is 0 Å². The first-order valence-corrected chi connectivity index (χ1v) is 8.79. The van der Waals surface area contributed by atoms with Gasteiger partial charge in [-0.15, -0.1) is 0 Å². The highest BCUT2D eigenvalue weighted by Crippen LogP contribution is 2.36. The summed E-state index contributed by atoms with van der Waals surface area (Å²) in [5.41, 5.74) is 6.03. The molecule has 0 aliphatic carbocycles. The van der Waals surface area contributed by atoms with Gasteiger partial charge in [-0.25, -0.2) is 9.37 Å². The van der Waals surface area contributed by atoms with Crippen LogP contribution < -0.4 is 4.74 Å². The first kappa shape index (κ1) is 16.6. The van der Waals surface area contributed by atoms with E-state index in [4.69, 9.17) is 9.72 Å². The van der Waals surface area contributed by atoms with Crippen LogP contribution in [0.1, 0.15) is 23.7 Å². The van der Waals surface area contributed by atoms with Crippen molar-refractivity contribution in [3.63, 3.8) is 0 Å². The van der Waals surface area contributed by atoms with Crippen LogP contribution in [0.4, 0.5) is 4.39 Å². The number of nitrogens with zero attached hydrogens (tertiary/aromatic N) is 2. The van der Waals surface area contributed by atoms with Gasteiger partial charge < -0.3 is 9.30 Å². The maximum absolute atomic E-state index is 13.6. The molecular weight excluding hydrogens is 327 g/mol. The van der Waals surface area contributed by atoms with E-state index >= 15 is 0 Å². The topological polar surface area (TPSA) is 27.1 Å². The molecule has 0 atom stereocenters. The maximum Gasteiger partial charge on any atom is 0.145 e. The highest BCUT2D eigenvalue weighted by molar-refractivity contribution is 6.08. The minimum absolute atomic E-state index is 0.220. The van der Waals surface area contributed by atoms with E-state index in [2.05, 4.69) is 23.8 Å². The maximum atomic E-state index is 13.6. The summed E-state index contributed by atoms with van der Waals surface area (Å²) >= 11 is 0. The predicted octanol–water partition coefficient (Wildman–Crippen LogP) is 5.51. The average molecular weight is 348 g/mol. The Hall–Kier alpha value is -2.88. The summed E-state index contributed by atoms with van der Waals surface area (Å²) in [7, 11) is 1.66. The zero-order valence-electron chi connectivity index (χ0n) is 15.4. The molecule has 4 rings (SSSR count). The van der Waals surface area contributed by atoms with E-state index in [1.165, 1.54) is 11.6 Å². The Morgan fingerprint density at radius 3 is 2.65 bits per heavy atom. The van der Waals surface area contributed by atoms with Gasteiger partial charge >= 0.3 is 0 Å². The summed E-state index contributed by atoms with van der Waals surface area (Å²) in [6.45, 7) is 6.12. The Labute approximate surface area is 152 Å². The smallest absolute Gasteiger partial charge is 0.145 e. The molecule has 2 heterocycles. The van der Waals surface area contributed by atoms with E-state index in [9.17, 15) is 4.39 Å². The Morgan fingerprint density at radius 1 is 1.15 bits per heavy atom. The second kappa shape index (κ2) is 6.13. The van der Waals surface area contributed by atoms with E-state index in [-0.39, 0.29) is 5.82 Å². The van der Waals surface area contributed by atoms with Gasteiger partial charge in [-0.05, 0) is 55.7 Å². The summed E-state index contributed by atoms with van der Waals surface area (Å²) in [4.78, 5) is 4.83. The molecule has 0 radical (unpaired) electrons. The molecule has 0 bridgehead atoms. The highest BCUT2D eigenvalue weighted by atomic mass is 19.1. The summed E-state index contributed by atoms with van der Waals surface area (Å²) in [5.74, 6) is 0.539. The molecule has 2 aromatic carbocycles. The third-order valence-electron chi connectivity index (χ3n) is 5.00. The van der Waals surface area contributed by atoms with Gasteiger partial charge in [0, 0.05) is 28.4 Å². The zero-order valence-corrected chi connectivity index (χ0v) is 15.4. The lowest BCUT2D eigenvalue weighted by molar-refractivity contribution is 0.419. The number of halogens is 1. The number of aryl methyl sites for hydroxylation is 3. The number of rotatable bonds is 3. The molecule has 0 aliphatic rings. The predicted molar refractivity (Wildman–Crippen MR) is 104 cm³/mol. The molecule has 0 saturated heterocycles. The molecule has 26 heavy (non-hydrogen) atoms. The molecule has 0 spiro atoms. The number of hydrogen-bond acceptors (Lipinski definition) is 2. The van der Waals surface area contributed by atoms with Crippen LogP contribution >= 0.6 is 0 Å². The van der Waals surface area contributed by atoms with Gasteiger partial charge in [-0.2, -0.15) is 0 Å². The van der Waals surface area contributed by atoms with E-state index in [1.54, 1.807) is 13.2 Å². The van der Waals surface area contributed by atoms with Gasteiger partial charge in [0.2, 0.25) is 0 Å². The minimum atomic E-state index is -0.220. The summed E-state index contributed by atoms with van der Waals surface area (Å²) in [6, 6.07) is 10.9. The summed E-state index contributed by atoms with van der Waals surface area (Å²) < 4.78 is 21.3. The van der Waals surface area contributed by atoms with Crippen LogP contribution in [-0.4, -0.2) is 16.7 Å². The van der Waals surface area contributed by atoms with Crippen LogP contribution in [-0.2, 0) is 6.42 Å². The third-order valence-corrected chi connectivity index (χ3v) is 5.00. The van der Waals surface area contributed by atoms with Crippen molar-refractivity contribution in [3.05, 3.63) is 65.2 Å². The lowest BCUT2D eigenvalue weighted by Gasteiger charge is -2.13. The molecule has 4 heteroatoms. The average Bonchev–Trinajstić information content (AvgIpc) is 3.02. The van der Waals surface area contributed by atoms with Crippen molar-refractivity contribution in [3.8, 4) is 11.4 Å². The Morgan fingerprint density at radius 2 is 1.96 bits per heavy atom. The van der Waals surface area contributed by atoms with Crippen LogP contribution in [0, 0.1) is 19.7 Å². The number of fused-ring (bicyclic) bond motifs is 3. The molecule has 132 valence electrons. The minimum Gasteiger partial charge on any atom is -0.494 e. The number of benzene rings is 2. The van der Waals surface area contributed by atoms with Crippen molar-refractivity contribution in [2.24, 2.45) is 0 Å². The van der Waals surface area contributed by atoms with Crippen molar-refractivity contribution in [2.75, 3.05) is 7.11 Å². The quantitative estimate of drug-likeness (QED) is 0.488. The molecule has 0 unspecified atom stereocenters. The van der Waals surface area contributed by atoms with Crippen molar-refractivity contribution in [1.29, 1.82) is 0 Å². The largest absolute Gasteiger partial charge is 0.494 e. The first-order chi connectivity index (χ1) is 12.5. The number of ether oxygens (including phenoxy) is 1. The lowest BCUT2D eigenvalue weighted by atomic mass is 10.1. The Balaban J connectivity index is 2.20. The molecule has 4 aromatic rings. The van der Waals surface area contributed by atoms with E-state index < -0.39 is 0 Å². The number of hydrogen-bond donors (Lipinski definition) is 0. The number of pyridine rings is 1. The molecule has 3 nitrogen and oxygen atoms in total. The standard InChI is InChI=1S/C22H21FN2O/c1-5-15-12-25(18-10-9-16(23)11-13(18)2)22-17-7-6-8-19(26-4)21(17)24-14(3)20(15)22/h6-12H,5H2,1-4H3. The van der Waals surface area contributed by atoms with Crippen molar-refractivity contribution >= 4 is 21.8 Å². The number of aromatic nitrogens is 2. The summed E-state index contributed by atoms with van der Waals surface area (Å²) in [6.07, 6.45) is 3.06. The van der Waals surface area contributed by atoms with Crippen molar-refractivity contribution in [2.45, 2.75) is 27.2 Å². The molecule has 0 fully saturated rings. The Kier molecular flexibility index (Phi) is 3.91. The summed E-state index contributed by atoms with van der Waals surface area (Å²) in [5, 5.41) is 2.20. The zero-order chi connectivity index (χ0) is 18.4. The van der Waals surface area contributed by atoms with Gasteiger partial charge in [0.25, 0.3) is 0 Å². The van der Waals surface area contributed by atoms with Crippen molar-refractivity contribution < 1.29 is 9.13 Å². The van der Waals surface area contributed by atoms with Crippen LogP contribution in [0.15, 0.2) is 42.6 Å². The van der Waals surface area contributed by atoms with E-state index in [0.717, 1.165) is 50.9 Å². The lowest BCUT2D eigenvalue weighted by Crippen LogP contribution is -1.98. The van der Waals surface area contributed by atoms with Gasteiger partial charge in [-0.1, -0.05) is 19.1 Å². The van der Waals surface area contributed by atoms with Gasteiger partial charge in [0.05, 0.1) is 12.6 Å². The van der Waals surface area contributed by atoms with E-state index in [1.807, 2.05) is 32.0 Å². The first-order valence-electron chi connectivity index (χ1n) is 8.79. The molecule has 2 aromatic heterocycles. The number of methoxy groups -OCH3 is 1. The monoisotopic (exact) mass is 348 g/mol. The number of para-hydroxylation sites is 1. The molecule has 0 aliphatic heterocycles. The fourth-order valence-electron chi connectivity index (χ4n) is 3.79.